The number of rotatable bonds is 4. The number of nitrogens with one attached hydrogen (secondary N) is 1. The molecule has 0 saturated carbocycles. The van der Waals surface area contributed by atoms with Crippen LogP contribution in [0.2, 0.25) is 0 Å². The van der Waals surface area contributed by atoms with E-state index in [9.17, 15) is 4.39 Å². The standard InChI is InChI=1S/C17H14FN5S/c1-23-8-7-19-17(23)14(11-2-4-12(18)5-3-11)22-16-15-13(6-9-24-15)20-10-21-16/h2-10,14H,1H3,(H,20,21,22)/t14-/m0/s1. The van der Waals surface area contributed by atoms with Gasteiger partial charge < -0.3 is 9.88 Å². The fourth-order valence-electron chi connectivity index (χ4n) is 2.64. The summed E-state index contributed by atoms with van der Waals surface area (Å²) in [6.07, 6.45) is 5.17. The molecule has 5 nitrogen and oxygen atoms in total. The van der Waals surface area contributed by atoms with Gasteiger partial charge in [0.05, 0.1) is 10.2 Å². The second-order valence-electron chi connectivity index (χ2n) is 5.38. The van der Waals surface area contributed by atoms with E-state index in [0.29, 0.717) is 0 Å². The van der Waals surface area contributed by atoms with Crippen molar-refractivity contribution < 1.29 is 4.39 Å². The third kappa shape index (κ3) is 2.63. The van der Waals surface area contributed by atoms with Gasteiger partial charge in [-0.25, -0.2) is 19.3 Å². The lowest BCUT2D eigenvalue weighted by atomic mass is 10.1. The maximum absolute atomic E-state index is 13.3. The van der Waals surface area contributed by atoms with Gasteiger partial charge in [-0.3, -0.25) is 0 Å². The highest BCUT2D eigenvalue weighted by atomic mass is 32.1. The van der Waals surface area contributed by atoms with Crippen LogP contribution in [-0.2, 0) is 7.05 Å². The maximum Gasteiger partial charge on any atom is 0.148 e. The summed E-state index contributed by atoms with van der Waals surface area (Å²) in [6, 6.07) is 8.14. The molecule has 3 heterocycles. The Hall–Kier alpha value is -2.80. The van der Waals surface area contributed by atoms with Crippen molar-refractivity contribution in [2.24, 2.45) is 7.05 Å². The Morgan fingerprint density at radius 3 is 2.71 bits per heavy atom. The molecular formula is C17H14FN5S. The second-order valence-corrected chi connectivity index (χ2v) is 6.30. The first kappa shape index (κ1) is 14.8. The molecule has 0 unspecified atom stereocenters. The van der Waals surface area contributed by atoms with Crippen LogP contribution in [0.4, 0.5) is 10.2 Å². The molecule has 3 aromatic heterocycles. The molecule has 1 aromatic carbocycles. The van der Waals surface area contributed by atoms with Gasteiger partial charge in [-0.15, -0.1) is 11.3 Å². The van der Waals surface area contributed by atoms with Crippen LogP contribution in [0.3, 0.4) is 0 Å². The summed E-state index contributed by atoms with van der Waals surface area (Å²) in [4.78, 5) is 13.1. The van der Waals surface area contributed by atoms with Crippen LogP contribution in [0.5, 0.6) is 0 Å². The molecular weight excluding hydrogens is 325 g/mol. The number of fused-ring (bicyclic) bond motifs is 1. The van der Waals surface area contributed by atoms with Gasteiger partial charge in [0.25, 0.3) is 0 Å². The van der Waals surface area contributed by atoms with Crippen molar-refractivity contribution in [3.8, 4) is 0 Å². The van der Waals surface area contributed by atoms with Crippen molar-refractivity contribution >= 4 is 27.4 Å². The van der Waals surface area contributed by atoms with Gasteiger partial charge in [0, 0.05) is 19.4 Å². The van der Waals surface area contributed by atoms with E-state index in [1.165, 1.54) is 18.5 Å². The smallest absolute Gasteiger partial charge is 0.148 e. The number of thiophene rings is 1. The highest BCUT2D eigenvalue weighted by Crippen LogP contribution is 2.30. The van der Waals surface area contributed by atoms with Crippen molar-refractivity contribution in [2.75, 3.05) is 5.32 Å². The molecule has 1 N–H and O–H groups in total. The minimum atomic E-state index is -0.264. The molecule has 0 fully saturated rings. The van der Waals surface area contributed by atoms with E-state index in [2.05, 4.69) is 20.3 Å². The van der Waals surface area contributed by atoms with E-state index in [1.54, 1.807) is 29.7 Å². The fraction of sp³-hybridized carbons (Fsp3) is 0.118. The van der Waals surface area contributed by atoms with Gasteiger partial charge in [0.1, 0.15) is 29.8 Å². The van der Waals surface area contributed by atoms with Crippen molar-refractivity contribution in [3.05, 3.63) is 71.6 Å². The number of hydrogen-bond donors (Lipinski definition) is 1. The third-order valence-electron chi connectivity index (χ3n) is 3.84. The highest BCUT2D eigenvalue weighted by molar-refractivity contribution is 7.17. The van der Waals surface area contributed by atoms with E-state index in [0.717, 1.165) is 27.4 Å². The Labute approximate surface area is 141 Å². The first-order valence-corrected chi connectivity index (χ1v) is 8.28. The number of imidazole rings is 1. The number of aromatic nitrogens is 4. The minimum absolute atomic E-state index is 0.245. The molecule has 0 saturated heterocycles. The Bertz CT molecular complexity index is 976. The molecule has 1 atom stereocenters. The van der Waals surface area contributed by atoms with Crippen molar-refractivity contribution in [3.63, 3.8) is 0 Å². The predicted octanol–water partition coefficient (Wildman–Crippen LogP) is 3.77. The molecule has 24 heavy (non-hydrogen) atoms. The van der Waals surface area contributed by atoms with Gasteiger partial charge >= 0.3 is 0 Å². The maximum atomic E-state index is 13.3. The fourth-order valence-corrected chi connectivity index (χ4v) is 3.43. The lowest BCUT2D eigenvalue weighted by Gasteiger charge is -2.20. The zero-order chi connectivity index (χ0) is 16.5. The van der Waals surface area contributed by atoms with Gasteiger partial charge in [0.2, 0.25) is 0 Å². The summed E-state index contributed by atoms with van der Waals surface area (Å²) in [7, 11) is 1.93. The van der Waals surface area contributed by atoms with Crippen molar-refractivity contribution in [1.82, 2.24) is 19.5 Å². The number of hydrogen-bond acceptors (Lipinski definition) is 5. The molecule has 0 aliphatic carbocycles. The number of halogens is 1. The molecule has 0 amide bonds. The predicted molar refractivity (Wildman–Crippen MR) is 92.5 cm³/mol. The summed E-state index contributed by atoms with van der Waals surface area (Å²) < 4.78 is 16.2. The molecule has 0 spiro atoms. The topological polar surface area (TPSA) is 55.6 Å². The average molecular weight is 339 g/mol. The zero-order valence-electron chi connectivity index (χ0n) is 12.8. The van der Waals surface area contributed by atoms with E-state index in [-0.39, 0.29) is 11.9 Å². The van der Waals surface area contributed by atoms with Crippen LogP contribution in [0.15, 0.2) is 54.4 Å². The Morgan fingerprint density at radius 2 is 1.96 bits per heavy atom. The van der Waals surface area contributed by atoms with Crippen LogP contribution in [-0.4, -0.2) is 19.5 Å². The van der Waals surface area contributed by atoms with Crippen LogP contribution in [0.1, 0.15) is 17.4 Å². The van der Waals surface area contributed by atoms with E-state index < -0.39 is 0 Å². The summed E-state index contributed by atoms with van der Waals surface area (Å²) in [6.45, 7) is 0. The molecule has 0 radical (unpaired) electrons. The molecule has 0 bridgehead atoms. The Morgan fingerprint density at radius 1 is 1.12 bits per heavy atom. The van der Waals surface area contributed by atoms with E-state index >= 15 is 0 Å². The molecule has 0 aliphatic rings. The van der Waals surface area contributed by atoms with Crippen LogP contribution >= 0.6 is 11.3 Å². The van der Waals surface area contributed by atoms with Gasteiger partial charge in [0.15, 0.2) is 0 Å². The summed E-state index contributed by atoms with van der Waals surface area (Å²) >= 11 is 1.58. The van der Waals surface area contributed by atoms with Gasteiger partial charge in [-0.2, -0.15) is 0 Å². The lowest BCUT2D eigenvalue weighted by Crippen LogP contribution is -2.17. The first-order valence-electron chi connectivity index (χ1n) is 7.40. The summed E-state index contributed by atoms with van der Waals surface area (Å²) in [5.74, 6) is 1.30. The summed E-state index contributed by atoms with van der Waals surface area (Å²) in [5, 5.41) is 5.42. The van der Waals surface area contributed by atoms with E-state index in [4.69, 9.17) is 0 Å². The Balaban J connectivity index is 1.80. The van der Waals surface area contributed by atoms with Gasteiger partial charge in [-0.1, -0.05) is 12.1 Å². The Kier molecular flexibility index (Phi) is 3.70. The molecule has 4 aromatic rings. The number of aryl methyl sites for hydroxylation is 1. The summed E-state index contributed by atoms with van der Waals surface area (Å²) in [5.41, 5.74) is 1.81. The van der Waals surface area contributed by atoms with Crippen molar-refractivity contribution in [1.29, 1.82) is 0 Å². The number of nitrogens with zero attached hydrogens (tertiary/aromatic N) is 4. The average Bonchev–Trinajstić information content (AvgIpc) is 3.23. The quantitative estimate of drug-likeness (QED) is 0.615. The molecule has 4 rings (SSSR count). The van der Waals surface area contributed by atoms with Crippen LogP contribution < -0.4 is 5.32 Å². The second kappa shape index (κ2) is 6.01. The van der Waals surface area contributed by atoms with Gasteiger partial charge in [-0.05, 0) is 29.1 Å². The van der Waals surface area contributed by atoms with E-state index in [1.807, 2.05) is 29.3 Å². The third-order valence-corrected chi connectivity index (χ3v) is 4.75. The SMILES string of the molecule is Cn1ccnc1[C@@H](Nc1ncnc2ccsc12)c1ccc(F)cc1. The number of anilines is 1. The van der Waals surface area contributed by atoms with Crippen LogP contribution in [0.25, 0.3) is 10.2 Å². The molecule has 7 heteroatoms. The first-order chi connectivity index (χ1) is 11.7. The largest absolute Gasteiger partial charge is 0.355 e. The normalized spacial score (nSPS) is 12.4. The highest BCUT2D eigenvalue weighted by Gasteiger charge is 2.20. The molecule has 120 valence electrons. The molecule has 0 aliphatic heterocycles. The monoisotopic (exact) mass is 339 g/mol. The lowest BCUT2D eigenvalue weighted by molar-refractivity contribution is 0.626. The zero-order valence-corrected chi connectivity index (χ0v) is 13.7. The minimum Gasteiger partial charge on any atom is -0.355 e. The van der Waals surface area contributed by atoms with Crippen molar-refractivity contribution in [2.45, 2.75) is 6.04 Å². The number of benzene rings is 1. The van der Waals surface area contributed by atoms with Crippen LogP contribution in [0, 0.1) is 5.82 Å².